The van der Waals surface area contributed by atoms with Gasteiger partial charge in [-0.1, -0.05) is 42.5 Å². The summed E-state index contributed by atoms with van der Waals surface area (Å²) in [7, 11) is 1.58. The number of nitrogens with one attached hydrogen (secondary N) is 2. The molecule has 0 amide bonds. The van der Waals surface area contributed by atoms with Crippen molar-refractivity contribution in [3.63, 3.8) is 0 Å². The molecule has 0 fully saturated rings. The number of hydrogen-bond donors (Lipinski definition) is 2. The summed E-state index contributed by atoms with van der Waals surface area (Å²) in [4.78, 5) is 20.2. The van der Waals surface area contributed by atoms with Gasteiger partial charge in [-0.25, -0.2) is 4.98 Å². The Morgan fingerprint density at radius 2 is 1.68 bits per heavy atom. The van der Waals surface area contributed by atoms with Crippen LogP contribution in [0.4, 0.5) is 5.69 Å². The molecule has 0 radical (unpaired) electrons. The molecular formula is C22H18N4O2. The fraction of sp³-hybridized carbons (Fsp3) is 0.0455. The third-order valence-electron chi connectivity index (χ3n) is 4.26. The molecule has 0 aliphatic rings. The minimum Gasteiger partial charge on any atom is -0.496 e. The van der Waals surface area contributed by atoms with E-state index in [0.29, 0.717) is 28.1 Å². The van der Waals surface area contributed by atoms with Gasteiger partial charge in [-0.15, -0.1) is 0 Å². The second-order valence-corrected chi connectivity index (χ2v) is 6.07. The predicted octanol–water partition coefficient (Wildman–Crippen LogP) is 3.80. The average molecular weight is 370 g/mol. The number of para-hydroxylation sites is 4. The maximum absolute atomic E-state index is 12.8. The van der Waals surface area contributed by atoms with Crippen LogP contribution in [-0.4, -0.2) is 22.8 Å². The molecule has 6 heteroatoms. The van der Waals surface area contributed by atoms with Gasteiger partial charge in [0.25, 0.3) is 5.56 Å². The van der Waals surface area contributed by atoms with Gasteiger partial charge >= 0.3 is 0 Å². The highest BCUT2D eigenvalue weighted by molar-refractivity contribution is 6.13. The standard InChI is InChI=1S/C22H18N4O2/c1-28-19-14-8-5-11-16(19)20(26-25-15-9-3-2-4-10-15)21-22(27)24-18-13-7-6-12-17(18)23-21/h2-14,25H,1H3,(H,24,27)/b26-20+. The summed E-state index contributed by atoms with van der Waals surface area (Å²) < 4.78 is 5.48. The third-order valence-corrected chi connectivity index (χ3v) is 4.26. The molecule has 0 saturated carbocycles. The molecule has 4 aromatic rings. The summed E-state index contributed by atoms with van der Waals surface area (Å²) in [5.41, 5.74) is 6.12. The summed E-state index contributed by atoms with van der Waals surface area (Å²) in [5, 5.41) is 4.51. The number of nitrogens with zero attached hydrogens (tertiary/aromatic N) is 2. The minimum atomic E-state index is -0.321. The number of benzene rings is 3. The van der Waals surface area contributed by atoms with Gasteiger partial charge in [0, 0.05) is 5.56 Å². The molecule has 0 aliphatic heterocycles. The Hall–Kier alpha value is -3.93. The van der Waals surface area contributed by atoms with Crippen LogP contribution in [0.1, 0.15) is 11.3 Å². The van der Waals surface area contributed by atoms with Crippen molar-refractivity contribution in [1.82, 2.24) is 9.97 Å². The molecule has 0 aliphatic carbocycles. The van der Waals surface area contributed by atoms with E-state index in [9.17, 15) is 4.79 Å². The van der Waals surface area contributed by atoms with E-state index in [-0.39, 0.29) is 11.3 Å². The molecule has 1 aromatic heterocycles. The fourth-order valence-electron chi connectivity index (χ4n) is 2.90. The van der Waals surface area contributed by atoms with Crippen LogP contribution in [0.15, 0.2) is 88.8 Å². The molecule has 6 nitrogen and oxygen atoms in total. The number of ether oxygens (including phenoxy) is 1. The van der Waals surface area contributed by atoms with Crippen LogP contribution < -0.4 is 15.7 Å². The zero-order valence-electron chi connectivity index (χ0n) is 15.2. The molecule has 4 rings (SSSR count). The minimum absolute atomic E-state index is 0.214. The van der Waals surface area contributed by atoms with Crippen molar-refractivity contribution in [2.45, 2.75) is 0 Å². The first-order valence-electron chi connectivity index (χ1n) is 8.78. The number of rotatable bonds is 5. The Bertz CT molecular complexity index is 1200. The number of hydrogen-bond acceptors (Lipinski definition) is 5. The lowest BCUT2D eigenvalue weighted by atomic mass is 10.1. The van der Waals surface area contributed by atoms with Crippen molar-refractivity contribution in [2.24, 2.45) is 5.10 Å². The zero-order chi connectivity index (χ0) is 19.3. The van der Waals surface area contributed by atoms with Crippen molar-refractivity contribution in [2.75, 3.05) is 12.5 Å². The maximum atomic E-state index is 12.8. The van der Waals surface area contributed by atoms with Crippen molar-refractivity contribution in [1.29, 1.82) is 0 Å². The first kappa shape index (κ1) is 17.5. The lowest BCUT2D eigenvalue weighted by molar-refractivity contribution is 0.414. The summed E-state index contributed by atoms with van der Waals surface area (Å²) in [5.74, 6) is 0.602. The Kier molecular flexibility index (Phi) is 4.84. The maximum Gasteiger partial charge on any atom is 0.276 e. The normalized spacial score (nSPS) is 11.4. The van der Waals surface area contributed by atoms with Crippen LogP contribution in [0.25, 0.3) is 11.0 Å². The van der Waals surface area contributed by atoms with Gasteiger partial charge in [0.1, 0.15) is 11.5 Å². The first-order valence-corrected chi connectivity index (χ1v) is 8.78. The number of fused-ring (bicyclic) bond motifs is 1. The number of aromatic nitrogens is 2. The van der Waals surface area contributed by atoms with Gasteiger partial charge < -0.3 is 9.72 Å². The molecule has 3 aromatic carbocycles. The van der Waals surface area contributed by atoms with Gasteiger partial charge in [0.2, 0.25) is 0 Å². The molecule has 138 valence electrons. The predicted molar refractivity (Wildman–Crippen MR) is 111 cm³/mol. The van der Waals surface area contributed by atoms with Crippen molar-refractivity contribution >= 4 is 22.4 Å². The molecule has 1 heterocycles. The fourth-order valence-corrected chi connectivity index (χ4v) is 2.90. The second kappa shape index (κ2) is 7.75. The average Bonchev–Trinajstić information content (AvgIpc) is 2.75. The summed E-state index contributed by atoms with van der Waals surface area (Å²) in [6.07, 6.45) is 0. The van der Waals surface area contributed by atoms with Gasteiger partial charge in [-0.05, 0) is 36.4 Å². The zero-order valence-corrected chi connectivity index (χ0v) is 15.2. The highest BCUT2D eigenvalue weighted by Crippen LogP contribution is 2.21. The van der Waals surface area contributed by atoms with Crippen LogP contribution >= 0.6 is 0 Å². The SMILES string of the molecule is COc1ccccc1/C(=N\Nc1ccccc1)c1nc2ccccc2[nH]c1=O. The molecule has 2 N–H and O–H groups in total. The quantitative estimate of drug-likeness (QED) is 0.414. The van der Waals surface area contributed by atoms with E-state index in [0.717, 1.165) is 5.69 Å². The lowest BCUT2D eigenvalue weighted by Gasteiger charge is -2.11. The largest absolute Gasteiger partial charge is 0.496 e. The second-order valence-electron chi connectivity index (χ2n) is 6.07. The molecule has 28 heavy (non-hydrogen) atoms. The number of anilines is 1. The van der Waals surface area contributed by atoms with E-state index in [2.05, 4.69) is 20.5 Å². The molecule has 0 spiro atoms. The Morgan fingerprint density at radius 1 is 0.964 bits per heavy atom. The molecule has 0 saturated heterocycles. The van der Waals surface area contributed by atoms with Gasteiger partial charge in [-0.3, -0.25) is 10.2 Å². The van der Waals surface area contributed by atoms with Crippen LogP contribution in [-0.2, 0) is 0 Å². The van der Waals surface area contributed by atoms with Crippen molar-refractivity contribution in [3.8, 4) is 5.75 Å². The summed E-state index contributed by atoms with van der Waals surface area (Å²) in [6.45, 7) is 0. The number of hydrazone groups is 1. The van der Waals surface area contributed by atoms with Crippen molar-refractivity contribution in [3.05, 3.63) is 100 Å². The Labute approximate surface area is 161 Å². The first-order chi connectivity index (χ1) is 13.8. The number of H-pyrrole nitrogens is 1. The summed E-state index contributed by atoms with van der Waals surface area (Å²) >= 11 is 0. The Balaban J connectivity index is 1.90. The molecular weight excluding hydrogens is 352 g/mol. The van der Waals surface area contributed by atoms with E-state index in [4.69, 9.17) is 4.74 Å². The van der Waals surface area contributed by atoms with Crippen LogP contribution in [0, 0.1) is 0 Å². The van der Waals surface area contributed by atoms with Crippen molar-refractivity contribution < 1.29 is 4.74 Å². The molecule has 0 bridgehead atoms. The van der Waals surface area contributed by atoms with E-state index in [1.807, 2.05) is 78.9 Å². The van der Waals surface area contributed by atoms with Crippen LogP contribution in [0.3, 0.4) is 0 Å². The van der Waals surface area contributed by atoms with E-state index in [1.54, 1.807) is 7.11 Å². The van der Waals surface area contributed by atoms with Gasteiger partial charge in [0.15, 0.2) is 5.69 Å². The smallest absolute Gasteiger partial charge is 0.276 e. The molecule has 0 unspecified atom stereocenters. The van der Waals surface area contributed by atoms with E-state index >= 15 is 0 Å². The van der Waals surface area contributed by atoms with Gasteiger partial charge in [-0.2, -0.15) is 5.10 Å². The van der Waals surface area contributed by atoms with Gasteiger partial charge in [0.05, 0.1) is 23.8 Å². The highest BCUT2D eigenvalue weighted by Gasteiger charge is 2.18. The Morgan fingerprint density at radius 3 is 2.50 bits per heavy atom. The topological polar surface area (TPSA) is 79.4 Å². The number of aromatic amines is 1. The summed E-state index contributed by atoms with van der Waals surface area (Å²) in [6, 6.07) is 24.3. The van der Waals surface area contributed by atoms with E-state index in [1.165, 1.54) is 0 Å². The number of methoxy groups -OCH3 is 1. The van der Waals surface area contributed by atoms with Crippen LogP contribution in [0.2, 0.25) is 0 Å². The van der Waals surface area contributed by atoms with Crippen LogP contribution in [0.5, 0.6) is 5.75 Å². The van der Waals surface area contributed by atoms with E-state index < -0.39 is 0 Å². The monoisotopic (exact) mass is 370 g/mol. The third kappa shape index (κ3) is 3.48. The lowest BCUT2D eigenvalue weighted by Crippen LogP contribution is -2.23. The highest BCUT2D eigenvalue weighted by atomic mass is 16.5. The molecule has 0 atom stereocenters.